The largest absolute Gasteiger partial charge is 0.619 e. The Kier molecular flexibility index (Phi) is 5.42. The smallest absolute Gasteiger partial charge is 0.254 e. The van der Waals surface area contributed by atoms with Crippen LogP contribution in [-0.2, 0) is 6.42 Å². The van der Waals surface area contributed by atoms with E-state index in [9.17, 15) is 15.1 Å². The molecule has 2 heterocycles. The Labute approximate surface area is 153 Å². The number of benzene rings is 1. The third kappa shape index (κ3) is 3.96. The van der Waals surface area contributed by atoms with Crippen LogP contribution in [-0.4, -0.2) is 42.7 Å². The van der Waals surface area contributed by atoms with Gasteiger partial charge in [0.15, 0.2) is 12.4 Å². The van der Waals surface area contributed by atoms with E-state index in [-0.39, 0.29) is 17.9 Å². The standard InChI is InChI=1S/C20H24N2O4/c1-26-18-5-2-4-16(12-18)13-20(15-23)8-3-9-21(14-20)19(24)17-6-10-22(25)11-7-17/h2,4-7,10-12,23H,3,8-9,13-15H2,1H3/t20-/m1/s1. The van der Waals surface area contributed by atoms with E-state index in [2.05, 4.69) is 0 Å². The summed E-state index contributed by atoms with van der Waals surface area (Å²) in [5.74, 6) is 0.684. The molecular formula is C20H24N2O4. The van der Waals surface area contributed by atoms with Crippen LogP contribution in [0.15, 0.2) is 48.8 Å². The van der Waals surface area contributed by atoms with Crippen LogP contribution in [0.3, 0.4) is 0 Å². The fourth-order valence-electron chi connectivity index (χ4n) is 3.66. The summed E-state index contributed by atoms with van der Waals surface area (Å²) in [6, 6.07) is 10.9. The number of aliphatic hydroxyl groups excluding tert-OH is 1. The number of amides is 1. The monoisotopic (exact) mass is 356 g/mol. The van der Waals surface area contributed by atoms with E-state index in [4.69, 9.17) is 4.74 Å². The topological polar surface area (TPSA) is 76.7 Å². The lowest BCUT2D eigenvalue weighted by Crippen LogP contribution is -2.49. The summed E-state index contributed by atoms with van der Waals surface area (Å²) >= 11 is 0. The lowest BCUT2D eigenvalue weighted by atomic mass is 9.75. The Bertz CT molecular complexity index is 763. The number of hydrogen-bond donors (Lipinski definition) is 1. The quantitative estimate of drug-likeness (QED) is 0.654. The second kappa shape index (κ2) is 7.74. The normalized spacial score (nSPS) is 20.0. The van der Waals surface area contributed by atoms with E-state index in [0.717, 1.165) is 24.2 Å². The molecule has 1 aromatic carbocycles. The Morgan fingerprint density at radius 3 is 2.81 bits per heavy atom. The molecule has 1 N–H and O–H groups in total. The molecule has 0 radical (unpaired) electrons. The van der Waals surface area contributed by atoms with Gasteiger partial charge in [0, 0.05) is 30.6 Å². The summed E-state index contributed by atoms with van der Waals surface area (Å²) in [5.41, 5.74) is 1.21. The maximum atomic E-state index is 12.8. The van der Waals surface area contributed by atoms with E-state index >= 15 is 0 Å². The Balaban J connectivity index is 1.77. The first kappa shape index (κ1) is 18.2. The van der Waals surface area contributed by atoms with Crippen molar-refractivity contribution >= 4 is 5.91 Å². The average molecular weight is 356 g/mol. The predicted molar refractivity (Wildman–Crippen MR) is 96.8 cm³/mol. The Hall–Kier alpha value is -2.60. The molecular weight excluding hydrogens is 332 g/mol. The first-order chi connectivity index (χ1) is 12.5. The van der Waals surface area contributed by atoms with Gasteiger partial charge in [-0.3, -0.25) is 4.79 Å². The number of pyridine rings is 1. The van der Waals surface area contributed by atoms with Crippen LogP contribution in [0, 0.1) is 10.6 Å². The van der Waals surface area contributed by atoms with Gasteiger partial charge in [0.1, 0.15) is 5.75 Å². The predicted octanol–water partition coefficient (Wildman–Crippen LogP) is 1.79. The SMILES string of the molecule is COc1cccc(C[C@]2(CO)CCCN(C(=O)c3cc[n+]([O-])cc3)C2)c1. The van der Waals surface area contributed by atoms with Gasteiger partial charge < -0.3 is 20.0 Å². The summed E-state index contributed by atoms with van der Waals surface area (Å²) in [5, 5.41) is 21.3. The van der Waals surface area contributed by atoms with Gasteiger partial charge in [0.05, 0.1) is 19.3 Å². The summed E-state index contributed by atoms with van der Waals surface area (Å²) in [6.45, 7) is 1.17. The molecule has 1 aliphatic heterocycles. The molecule has 1 fully saturated rings. The zero-order valence-corrected chi connectivity index (χ0v) is 14.9. The highest BCUT2D eigenvalue weighted by atomic mass is 16.5. The van der Waals surface area contributed by atoms with E-state index in [0.29, 0.717) is 29.8 Å². The van der Waals surface area contributed by atoms with Crippen molar-refractivity contribution in [3.63, 3.8) is 0 Å². The number of hydrogen-bond acceptors (Lipinski definition) is 4. The third-order valence-corrected chi connectivity index (χ3v) is 5.05. The van der Waals surface area contributed by atoms with Crippen molar-refractivity contribution in [3.8, 4) is 5.75 Å². The lowest BCUT2D eigenvalue weighted by Gasteiger charge is -2.42. The summed E-state index contributed by atoms with van der Waals surface area (Å²) in [6.07, 6.45) is 5.03. The van der Waals surface area contributed by atoms with Gasteiger partial charge in [-0.15, -0.1) is 0 Å². The second-order valence-electron chi connectivity index (χ2n) is 6.96. The maximum absolute atomic E-state index is 12.8. The van der Waals surface area contributed by atoms with Gasteiger partial charge in [0.2, 0.25) is 0 Å². The van der Waals surface area contributed by atoms with Crippen LogP contribution in [0.2, 0.25) is 0 Å². The molecule has 1 aromatic heterocycles. The highest BCUT2D eigenvalue weighted by molar-refractivity contribution is 5.94. The van der Waals surface area contributed by atoms with Gasteiger partial charge in [-0.05, 0) is 37.0 Å². The van der Waals surface area contributed by atoms with Crippen molar-refractivity contribution in [1.82, 2.24) is 4.90 Å². The van der Waals surface area contributed by atoms with E-state index in [1.54, 1.807) is 12.0 Å². The lowest BCUT2D eigenvalue weighted by molar-refractivity contribution is -0.605. The molecule has 6 heteroatoms. The number of likely N-dealkylation sites (tertiary alicyclic amines) is 1. The molecule has 1 amide bonds. The minimum absolute atomic E-state index is 0.0172. The number of methoxy groups -OCH3 is 1. The van der Waals surface area contributed by atoms with Crippen LogP contribution in [0.25, 0.3) is 0 Å². The van der Waals surface area contributed by atoms with Crippen molar-refractivity contribution in [3.05, 3.63) is 65.1 Å². The van der Waals surface area contributed by atoms with Crippen LogP contribution in [0.1, 0.15) is 28.8 Å². The number of nitrogens with zero attached hydrogens (tertiary/aromatic N) is 2. The van der Waals surface area contributed by atoms with Crippen LogP contribution in [0.4, 0.5) is 0 Å². The number of carbonyl (C=O) groups is 1. The number of aliphatic hydroxyl groups is 1. The molecule has 138 valence electrons. The van der Waals surface area contributed by atoms with Crippen molar-refractivity contribution in [2.75, 3.05) is 26.8 Å². The zero-order valence-electron chi connectivity index (χ0n) is 14.9. The van der Waals surface area contributed by atoms with Crippen molar-refractivity contribution in [2.45, 2.75) is 19.3 Å². The molecule has 0 saturated carbocycles. The molecule has 0 spiro atoms. The Morgan fingerprint density at radius 2 is 2.12 bits per heavy atom. The van der Waals surface area contributed by atoms with E-state index in [1.807, 2.05) is 24.3 Å². The fraction of sp³-hybridized carbons (Fsp3) is 0.400. The second-order valence-corrected chi connectivity index (χ2v) is 6.96. The third-order valence-electron chi connectivity index (χ3n) is 5.05. The van der Waals surface area contributed by atoms with Crippen LogP contribution < -0.4 is 9.47 Å². The molecule has 0 unspecified atom stereocenters. The molecule has 0 bridgehead atoms. The molecule has 1 aliphatic rings. The molecule has 1 saturated heterocycles. The zero-order chi connectivity index (χ0) is 18.6. The Morgan fingerprint density at radius 1 is 1.35 bits per heavy atom. The fourth-order valence-corrected chi connectivity index (χ4v) is 3.66. The van der Waals surface area contributed by atoms with Gasteiger partial charge in [-0.2, -0.15) is 4.73 Å². The summed E-state index contributed by atoms with van der Waals surface area (Å²) < 4.78 is 5.94. The minimum atomic E-state index is -0.368. The number of carbonyl (C=O) groups excluding carboxylic acids is 1. The number of rotatable bonds is 5. The van der Waals surface area contributed by atoms with Gasteiger partial charge >= 0.3 is 0 Å². The highest BCUT2D eigenvalue weighted by Crippen LogP contribution is 2.34. The van der Waals surface area contributed by atoms with Gasteiger partial charge in [0.25, 0.3) is 5.91 Å². The van der Waals surface area contributed by atoms with E-state index < -0.39 is 0 Å². The van der Waals surface area contributed by atoms with Gasteiger partial charge in [-0.1, -0.05) is 12.1 Å². The number of piperidine rings is 1. The van der Waals surface area contributed by atoms with E-state index in [1.165, 1.54) is 24.5 Å². The van der Waals surface area contributed by atoms with Gasteiger partial charge in [-0.25, -0.2) is 0 Å². The van der Waals surface area contributed by atoms with Crippen molar-refractivity contribution in [2.24, 2.45) is 5.41 Å². The van der Waals surface area contributed by atoms with Crippen molar-refractivity contribution in [1.29, 1.82) is 0 Å². The van der Waals surface area contributed by atoms with Crippen LogP contribution in [0.5, 0.6) is 5.75 Å². The highest BCUT2D eigenvalue weighted by Gasteiger charge is 2.37. The first-order valence-electron chi connectivity index (χ1n) is 8.77. The molecule has 1 atom stereocenters. The first-order valence-corrected chi connectivity index (χ1v) is 8.77. The average Bonchev–Trinajstić information content (AvgIpc) is 2.68. The molecule has 3 rings (SSSR count). The summed E-state index contributed by atoms with van der Waals surface area (Å²) in [4.78, 5) is 14.6. The number of aromatic nitrogens is 1. The van der Waals surface area contributed by atoms with Crippen molar-refractivity contribution < 1.29 is 19.4 Å². The molecule has 6 nitrogen and oxygen atoms in total. The molecule has 2 aromatic rings. The maximum Gasteiger partial charge on any atom is 0.254 e. The number of ether oxygens (including phenoxy) is 1. The minimum Gasteiger partial charge on any atom is -0.619 e. The summed E-state index contributed by atoms with van der Waals surface area (Å²) in [7, 11) is 1.63. The van der Waals surface area contributed by atoms with Crippen LogP contribution >= 0.6 is 0 Å². The molecule has 0 aliphatic carbocycles. The molecule has 26 heavy (non-hydrogen) atoms.